The average Bonchev–Trinajstić information content (AvgIpc) is 3.46. The van der Waals surface area contributed by atoms with Crippen molar-refractivity contribution in [1.29, 1.82) is 0 Å². The predicted molar refractivity (Wildman–Crippen MR) is 139 cm³/mol. The molecule has 10 heteroatoms. The first kappa shape index (κ1) is 24.1. The number of aliphatic hydroxyl groups excluding tert-OH is 1. The molecule has 2 aliphatic rings. The summed E-state index contributed by atoms with van der Waals surface area (Å²) in [6.07, 6.45) is 6.12. The minimum absolute atomic E-state index is 0.172. The molecule has 0 unspecified atom stereocenters. The summed E-state index contributed by atoms with van der Waals surface area (Å²) in [6, 6.07) is 12.8. The van der Waals surface area contributed by atoms with Crippen LogP contribution in [0.1, 0.15) is 47.8 Å². The number of pyridine rings is 1. The smallest absolute Gasteiger partial charge is 0.257 e. The van der Waals surface area contributed by atoms with Crippen molar-refractivity contribution >= 4 is 29.3 Å². The maximum atomic E-state index is 12.5. The molecule has 3 heterocycles. The third-order valence-corrected chi connectivity index (χ3v) is 6.73. The lowest BCUT2D eigenvalue weighted by molar-refractivity contribution is 0.102. The van der Waals surface area contributed by atoms with Gasteiger partial charge in [0.05, 0.1) is 12.2 Å². The number of piperazine rings is 1. The second-order valence-electron chi connectivity index (χ2n) is 9.23. The Morgan fingerprint density at radius 2 is 1.75 bits per heavy atom. The first-order chi connectivity index (χ1) is 17.7. The second-order valence-corrected chi connectivity index (χ2v) is 9.23. The number of carbonyl (C=O) groups is 1. The fourth-order valence-corrected chi connectivity index (χ4v) is 4.70. The highest BCUT2D eigenvalue weighted by Crippen LogP contribution is 2.33. The largest absolute Gasteiger partial charge is 0.395 e. The van der Waals surface area contributed by atoms with Crippen LogP contribution in [0, 0.1) is 0 Å². The number of hydrogen-bond acceptors (Lipinski definition) is 9. The van der Waals surface area contributed by atoms with Gasteiger partial charge in [0.1, 0.15) is 11.6 Å². The molecule has 0 atom stereocenters. The molecule has 10 nitrogen and oxygen atoms in total. The van der Waals surface area contributed by atoms with E-state index in [2.05, 4.69) is 25.4 Å². The highest BCUT2D eigenvalue weighted by molar-refractivity contribution is 6.04. The molecular weight excluding hydrogens is 456 g/mol. The summed E-state index contributed by atoms with van der Waals surface area (Å²) in [7, 11) is 0. The van der Waals surface area contributed by atoms with Crippen molar-refractivity contribution in [2.45, 2.75) is 31.6 Å². The molecular formula is C26H32N8O2. The predicted octanol–water partition coefficient (Wildman–Crippen LogP) is 3.03. The highest BCUT2D eigenvalue weighted by atomic mass is 16.3. The fraction of sp³-hybridized carbons (Fsp3) is 0.423. The third-order valence-electron chi connectivity index (χ3n) is 6.73. The molecule has 1 amide bonds. The molecule has 0 bridgehead atoms. The zero-order valence-corrected chi connectivity index (χ0v) is 20.3. The molecule has 2 aromatic heterocycles. The van der Waals surface area contributed by atoms with Crippen molar-refractivity contribution in [3.63, 3.8) is 0 Å². The number of para-hydroxylation sites is 1. The molecule has 1 aliphatic carbocycles. The Labute approximate surface area is 210 Å². The molecule has 1 aromatic carbocycles. The molecule has 0 radical (unpaired) electrons. The molecule has 5 rings (SSSR count). The number of carbonyl (C=O) groups excluding carboxylic acids is 1. The summed E-state index contributed by atoms with van der Waals surface area (Å²) >= 11 is 0. The van der Waals surface area contributed by atoms with E-state index in [1.165, 1.54) is 12.8 Å². The van der Waals surface area contributed by atoms with Crippen LogP contribution >= 0.6 is 0 Å². The zero-order chi connectivity index (χ0) is 24.7. The summed E-state index contributed by atoms with van der Waals surface area (Å²) in [5.41, 5.74) is 1.20. The molecule has 2 fully saturated rings. The van der Waals surface area contributed by atoms with Crippen molar-refractivity contribution < 1.29 is 9.90 Å². The van der Waals surface area contributed by atoms with Crippen LogP contribution in [0.4, 0.5) is 23.4 Å². The van der Waals surface area contributed by atoms with Crippen molar-refractivity contribution in [2.75, 3.05) is 54.9 Å². The van der Waals surface area contributed by atoms with Crippen molar-refractivity contribution in [3.8, 4) is 0 Å². The lowest BCUT2D eigenvalue weighted by Gasteiger charge is -2.34. The minimum Gasteiger partial charge on any atom is -0.395 e. The number of aromatic nitrogens is 4. The van der Waals surface area contributed by atoms with Gasteiger partial charge in [0.2, 0.25) is 11.9 Å². The highest BCUT2D eigenvalue weighted by Gasteiger charge is 2.25. The summed E-state index contributed by atoms with van der Waals surface area (Å²) in [5, 5.41) is 15.3. The third kappa shape index (κ3) is 5.95. The number of benzene rings is 1. The Balaban J connectivity index is 1.31. The van der Waals surface area contributed by atoms with E-state index in [0.29, 0.717) is 35.7 Å². The van der Waals surface area contributed by atoms with Crippen molar-refractivity contribution in [1.82, 2.24) is 24.8 Å². The minimum atomic E-state index is -0.216. The van der Waals surface area contributed by atoms with E-state index in [1.807, 2.05) is 30.3 Å². The van der Waals surface area contributed by atoms with Crippen LogP contribution in [0.15, 0.2) is 48.7 Å². The topological polar surface area (TPSA) is 119 Å². The zero-order valence-electron chi connectivity index (χ0n) is 20.3. The average molecular weight is 489 g/mol. The van der Waals surface area contributed by atoms with Crippen LogP contribution < -0.4 is 15.5 Å². The Morgan fingerprint density at radius 3 is 2.44 bits per heavy atom. The molecule has 3 N–H and O–H groups in total. The van der Waals surface area contributed by atoms with E-state index < -0.39 is 0 Å². The van der Waals surface area contributed by atoms with Gasteiger partial charge in [-0.2, -0.15) is 15.0 Å². The van der Waals surface area contributed by atoms with Gasteiger partial charge in [0, 0.05) is 50.5 Å². The van der Waals surface area contributed by atoms with Crippen LogP contribution in [0.2, 0.25) is 0 Å². The molecule has 1 aliphatic heterocycles. The standard InChI is InChI=1S/C26H32N8O2/c35-17-16-33-12-14-34(15-13-33)26-31-23(19-6-4-5-7-19)30-25(32-26)29-22-11-10-20(18-27-22)24(36)28-21-8-2-1-3-9-21/h1-3,8-11,18-19,35H,4-7,12-17H2,(H,28,36)(H,27,29,30,31,32). The van der Waals surface area contributed by atoms with Gasteiger partial charge in [-0.15, -0.1) is 0 Å². The van der Waals surface area contributed by atoms with Gasteiger partial charge < -0.3 is 20.6 Å². The van der Waals surface area contributed by atoms with Crippen LogP contribution in [-0.4, -0.2) is 75.2 Å². The number of nitrogens with one attached hydrogen (secondary N) is 2. The van der Waals surface area contributed by atoms with E-state index in [-0.39, 0.29) is 12.5 Å². The van der Waals surface area contributed by atoms with Crippen LogP contribution in [-0.2, 0) is 0 Å². The Kier molecular flexibility index (Phi) is 7.63. The van der Waals surface area contributed by atoms with Crippen molar-refractivity contribution in [2.24, 2.45) is 0 Å². The maximum absolute atomic E-state index is 12.5. The number of anilines is 4. The lowest BCUT2D eigenvalue weighted by atomic mass is 10.1. The van der Waals surface area contributed by atoms with Crippen LogP contribution in [0.3, 0.4) is 0 Å². The normalized spacial score (nSPS) is 16.8. The van der Waals surface area contributed by atoms with Gasteiger partial charge >= 0.3 is 0 Å². The van der Waals surface area contributed by atoms with Gasteiger partial charge in [-0.25, -0.2) is 4.98 Å². The van der Waals surface area contributed by atoms with Gasteiger partial charge in [-0.05, 0) is 37.1 Å². The number of β-amino-alcohol motifs (C(OH)–C–C–N with tert-alkyl or cyclic N) is 1. The first-order valence-electron chi connectivity index (χ1n) is 12.6. The number of hydrogen-bond donors (Lipinski definition) is 3. The summed E-state index contributed by atoms with van der Waals surface area (Å²) < 4.78 is 0. The Morgan fingerprint density at radius 1 is 0.972 bits per heavy atom. The molecule has 0 spiro atoms. The number of rotatable bonds is 8. The van der Waals surface area contributed by atoms with Gasteiger partial charge in [-0.1, -0.05) is 31.0 Å². The van der Waals surface area contributed by atoms with E-state index in [9.17, 15) is 9.90 Å². The van der Waals surface area contributed by atoms with E-state index in [4.69, 9.17) is 15.0 Å². The molecule has 1 saturated heterocycles. The SMILES string of the molecule is O=C(Nc1ccccc1)c1ccc(Nc2nc(C3CCCC3)nc(N3CCN(CCO)CC3)n2)nc1. The summed E-state index contributed by atoms with van der Waals surface area (Å²) in [5.74, 6) is 2.67. The van der Waals surface area contributed by atoms with Crippen molar-refractivity contribution in [3.05, 3.63) is 60.0 Å². The summed E-state index contributed by atoms with van der Waals surface area (Å²) in [6.45, 7) is 4.19. The molecule has 188 valence electrons. The molecule has 3 aromatic rings. The Bertz CT molecular complexity index is 1140. The number of aliphatic hydroxyl groups is 1. The summed E-state index contributed by atoms with van der Waals surface area (Å²) in [4.78, 5) is 35.7. The molecule has 36 heavy (non-hydrogen) atoms. The number of nitrogens with zero attached hydrogens (tertiary/aromatic N) is 6. The van der Waals surface area contributed by atoms with Crippen LogP contribution in [0.5, 0.6) is 0 Å². The molecule has 1 saturated carbocycles. The quantitative estimate of drug-likeness (QED) is 0.439. The second kappa shape index (κ2) is 11.4. The van der Waals surface area contributed by atoms with Gasteiger partial charge in [0.15, 0.2) is 0 Å². The van der Waals surface area contributed by atoms with E-state index in [1.54, 1.807) is 18.3 Å². The monoisotopic (exact) mass is 488 g/mol. The maximum Gasteiger partial charge on any atom is 0.257 e. The fourth-order valence-electron chi connectivity index (χ4n) is 4.70. The van der Waals surface area contributed by atoms with Crippen LogP contribution in [0.25, 0.3) is 0 Å². The van der Waals surface area contributed by atoms with E-state index in [0.717, 1.165) is 50.5 Å². The van der Waals surface area contributed by atoms with E-state index >= 15 is 0 Å². The first-order valence-corrected chi connectivity index (χ1v) is 12.6. The Hall–Kier alpha value is -3.63. The van der Waals surface area contributed by atoms with Gasteiger partial charge in [0.25, 0.3) is 5.91 Å². The van der Waals surface area contributed by atoms with Gasteiger partial charge in [-0.3, -0.25) is 9.69 Å². The number of amides is 1. The lowest BCUT2D eigenvalue weighted by Crippen LogP contribution is -2.47.